The number of aromatic nitrogens is 2. The molecular weight excluding hydrogens is 426 g/mol. The Morgan fingerprint density at radius 3 is 2.53 bits per heavy atom. The molecule has 8 heteroatoms. The van der Waals surface area contributed by atoms with E-state index in [1.807, 2.05) is 37.3 Å². The number of hydrogen-bond donors (Lipinski definition) is 0. The maximum absolute atomic E-state index is 13.2. The number of pyridine rings is 1. The topological polar surface area (TPSA) is 73.8 Å². The summed E-state index contributed by atoms with van der Waals surface area (Å²) in [5.74, 6) is 1.89. The van der Waals surface area contributed by atoms with Crippen LogP contribution in [0.15, 0.2) is 67.0 Å². The van der Waals surface area contributed by atoms with Crippen LogP contribution in [0.3, 0.4) is 0 Å². The van der Waals surface area contributed by atoms with E-state index in [1.165, 1.54) is 11.3 Å². The molecular formula is C24H23N3O4S. The number of fused-ring (bicyclic) bond motifs is 1. The van der Waals surface area contributed by atoms with Gasteiger partial charge in [0.15, 0.2) is 11.7 Å². The number of rotatable bonds is 9. The number of methoxy groups -OCH3 is 1. The molecule has 0 saturated heterocycles. The van der Waals surface area contributed by atoms with Crippen molar-refractivity contribution in [3.05, 3.63) is 72.6 Å². The molecule has 0 aliphatic carbocycles. The molecule has 0 atom stereocenters. The average Bonchev–Trinajstić information content (AvgIpc) is 3.25. The molecule has 2 aromatic heterocycles. The largest absolute Gasteiger partial charge is 0.497 e. The lowest BCUT2D eigenvalue weighted by Crippen LogP contribution is -2.34. The monoisotopic (exact) mass is 449 g/mol. The highest BCUT2D eigenvalue weighted by atomic mass is 32.1. The third-order valence-corrected chi connectivity index (χ3v) is 5.72. The van der Waals surface area contributed by atoms with Crippen molar-refractivity contribution in [1.82, 2.24) is 9.97 Å². The molecule has 7 nitrogen and oxygen atoms in total. The summed E-state index contributed by atoms with van der Waals surface area (Å²) in [5.41, 5.74) is 1.72. The van der Waals surface area contributed by atoms with Crippen molar-refractivity contribution in [1.29, 1.82) is 0 Å². The van der Waals surface area contributed by atoms with E-state index >= 15 is 0 Å². The third-order valence-electron chi connectivity index (χ3n) is 4.68. The van der Waals surface area contributed by atoms with Gasteiger partial charge in [-0.1, -0.05) is 17.4 Å². The molecule has 0 bridgehead atoms. The van der Waals surface area contributed by atoms with Gasteiger partial charge in [-0.05, 0) is 61.0 Å². The third kappa shape index (κ3) is 5.15. The molecule has 0 spiro atoms. The van der Waals surface area contributed by atoms with Crippen molar-refractivity contribution in [2.75, 3.05) is 25.2 Å². The van der Waals surface area contributed by atoms with E-state index in [0.29, 0.717) is 24.0 Å². The van der Waals surface area contributed by atoms with E-state index in [0.717, 1.165) is 27.3 Å². The minimum absolute atomic E-state index is 0.118. The molecule has 0 aliphatic heterocycles. The molecule has 0 fully saturated rings. The maximum atomic E-state index is 13.2. The van der Waals surface area contributed by atoms with Gasteiger partial charge in [0.1, 0.15) is 17.2 Å². The summed E-state index contributed by atoms with van der Waals surface area (Å²) in [6, 6.07) is 16.6. The molecule has 0 unspecified atom stereocenters. The molecule has 1 amide bonds. The number of amides is 1. The van der Waals surface area contributed by atoms with Gasteiger partial charge in [0, 0.05) is 12.4 Å². The Labute approximate surface area is 190 Å². The van der Waals surface area contributed by atoms with Gasteiger partial charge in [0.25, 0.3) is 5.91 Å². The quantitative estimate of drug-likeness (QED) is 0.368. The molecule has 0 aliphatic rings. The number of carbonyl (C=O) groups excluding carboxylic acids is 1. The van der Waals surface area contributed by atoms with Gasteiger partial charge in [-0.25, -0.2) is 4.98 Å². The van der Waals surface area contributed by atoms with Crippen LogP contribution in [-0.4, -0.2) is 36.2 Å². The Morgan fingerprint density at radius 2 is 1.81 bits per heavy atom. The first kappa shape index (κ1) is 21.6. The van der Waals surface area contributed by atoms with E-state index in [-0.39, 0.29) is 12.5 Å². The van der Waals surface area contributed by atoms with Crippen LogP contribution in [0.4, 0.5) is 5.13 Å². The highest BCUT2D eigenvalue weighted by molar-refractivity contribution is 7.22. The van der Waals surface area contributed by atoms with E-state index in [1.54, 1.807) is 48.7 Å². The summed E-state index contributed by atoms with van der Waals surface area (Å²) in [6.45, 7) is 2.76. The van der Waals surface area contributed by atoms with Crippen LogP contribution in [0.1, 0.15) is 12.5 Å². The Kier molecular flexibility index (Phi) is 6.81. The van der Waals surface area contributed by atoms with Crippen LogP contribution in [-0.2, 0) is 11.3 Å². The first-order valence-corrected chi connectivity index (χ1v) is 11.0. The smallest absolute Gasteiger partial charge is 0.267 e. The summed E-state index contributed by atoms with van der Waals surface area (Å²) in [5, 5.41) is 0.598. The van der Waals surface area contributed by atoms with Crippen molar-refractivity contribution in [3.63, 3.8) is 0 Å². The molecule has 2 aromatic carbocycles. The lowest BCUT2D eigenvalue weighted by atomic mass is 10.2. The van der Waals surface area contributed by atoms with Crippen LogP contribution < -0.4 is 19.1 Å². The first-order chi connectivity index (χ1) is 15.7. The molecule has 164 valence electrons. The van der Waals surface area contributed by atoms with E-state index in [2.05, 4.69) is 9.97 Å². The van der Waals surface area contributed by atoms with Crippen LogP contribution in [0.25, 0.3) is 10.2 Å². The zero-order chi connectivity index (χ0) is 22.3. The fourth-order valence-electron chi connectivity index (χ4n) is 3.10. The Morgan fingerprint density at radius 1 is 1.03 bits per heavy atom. The van der Waals surface area contributed by atoms with Crippen LogP contribution in [0.5, 0.6) is 17.2 Å². The van der Waals surface area contributed by atoms with Gasteiger partial charge >= 0.3 is 0 Å². The fraction of sp³-hybridized carbons (Fsp3) is 0.208. The van der Waals surface area contributed by atoms with Gasteiger partial charge < -0.3 is 14.2 Å². The molecule has 0 radical (unpaired) electrons. The van der Waals surface area contributed by atoms with Crippen molar-refractivity contribution in [2.45, 2.75) is 13.5 Å². The van der Waals surface area contributed by atoms with Crippen LogP contribution >= 0.6 is 11.3 Å². The SMILES string of the molecule is CCOc1ccc2nc(N(Cc3cccnc3)C(=O)COc3ccc(OC)cc3)sc2c1. The number of thiazole rings is 1. The molecule has 0 N–H and O–H groups in total. The summed E-state index contributed by atoms with van der Waals surface area (Å²) in [7, 11) is 1.60. The standard InChI is InChI=1S/C24H23N3O4S/c1-3-30-20-10-11-21-22(13-20)32-24(26-21)27(15-17-5-4-12-25-14-17)23(28)16-31-19-8-6-18(29-2)7-9-19/h4-14H,3,15-16H2,1-2H3. The van der Waals surface area contributed by atoms with Gasteiger partial charge in [0.2, 0.25) is 0 Å². The number of anilines is 1. The highest BCUT2D eigenvalue weighted by Crippen LogP contribution is 2.32. The van der Waals surface area contributed by atoms with Crippen LogP contribution in [0, 0.1) is 0 Å². The molecule has 4 rings (SSSR count). The maximum Gasteiger partial charge on any atom is 0.267 e. The van der Waals surface area contributed by atoms with E-state index in [4.69, 9.17) is 14.2 Å². The summed E-state index contributed by atoms with van der Waals surface area (Å²) in [6.07, 6.45) is 3.44. The van der Waals surface area contributed by atoms with Gasteiger partial charge in [0.05, 0.1) is 30.5 Å². The lowest BCUT2D eigenvalue weighted by molar-refractivity contribution is -0.120. The second-order valence-corrected chi connectivity index (χ2v) is 7.87. The van der Waals surface area contributed by atoms with Crippen molar-refractivity contribution < 1.29 is 19.0 Å². The Bertz CT molecular complexity index is 1180. The average molecular weight is 450 g/mol. The predicted molar refractivity (Wildman–Crippen MR) is 125 cm³/mol. The van der Waals surface area contributed by atoms with Crippen molar-refractivity contribution in [2.24, 2.45) is 0 Å². The zero-order valence-corrected chi connectivity index (χ0v) is 18.7. The predicted octanol–water partition coefficient (Wildman–Crippen LogP) is 4.71. The Hall–Kier alpha value is -3.65. The highest BCUT2D eigenvalue weighted by Gasteiger charge is 2.21. The second-order valence-electron chi connectivity index (χ2n) is 6.86. The number of carbonyl (C=O) groups is 1. The van der Waals surface area contributed by atoms with E-state index < -0.39 is 0 Å². The van der Waals surface area contributed by atoms with Gasteiger partial charge in [-0.15, -0.1) is 0 Å². The Balaban J connectivity index is 1.57. The number of ether oxygens (including phenoxy) is 3. The zero-order valence-electron chi connectivity index (χ0n) is 17.9. The van der Waals surface area contributed by atoms with E-state index in [9.17, 15) is 4.79 Å². The molecule has 32 heavy (non-hydrogen) atoms. The first-order valence-electron chi connectivity index (χ1n) is 10.2. The van der Waals surface area contributed by atoms with Gasteiger partial charge in [-0.2, -0.15) is 0 Å². The number of nitrogens with zero attached hydrogens (tertiary/aromatic N) is 3. The minimum Gasteiger partial charge on any atom is -0.497 e. The van der Waals surface area contributed by atoms with Gasteiger partial charge in [-0.3, -0.25) is 14.7 Å². The lowest BCUT2D eigenvalue weighted by Gasteiger charge is -2.20. The summed E-state index contributed by atoms with van der Waals surface area (Å²) in [4.78, 5) is 23.7. The fourth-order valence-corrected chi connectivity index (χ4v) is 4.11. The van der Waals surface area contributed by atoms with Crippen molar-refractivity contribution in [3.8, 4) is 17.2 Å². The normalized spacial score (nSPS) is 10.7. The van der Waals surface area contributed by atoms with Crippen molar-refractivity contribution >= 4 is 32.6 Å². The molecule has 4 aromatic rings. The second kappa shape index (κ2) is 10.1. The minimum atomic E-state index is -0.200. The van der Waals surface area contributed by atoms with Crippen LogP contribution in [0.2, 0.25) is 0 Å². The number of hydrogen-bond acceptors (Lipinski definition) is 7. The molecule has 2 heterocycles. The summed E-state index contributed by atoms with van der Waals surface area (Å²) < 4.78 is 17.4. The number of benzene rings is 2. The molecule has 0 saturated carbocycles. The summed E-state index contributed by atoms with van der Waals surface area (Å²) >= 11 is 1.44.